The van der Waals surface area contributed by atoms with Crippen LogP contribution in [0.1, 0.15) is 46.0 Å². The highest BCUT2D eigenvalue weighted by molar-refractivity contribution is 5.35. The summed E-state index contributed by atoms with van der Waals surface area (Å²) in [6, 6.07) is 0.710. The first-order chi connectivity index (χ1) is 8.63. The normalized spacial score (nSPS) is 32.5. The van der Waals surface area contributed by atoms with E-state index in [1.807, 2.05) is 0 Å². The fourth-order valence-electron chi connectivity index (χ4n) is 3.46. The van der Waals surface area contributed by atoms with Crippen LogP contribution in [0.15, 0.2) is 36.1 Å². The molecule has 0 N–H and O–H groups in total. The van der Waals surface area contributed by atoms with E-state index in [-0.39, 0.29) is 0 Å². The van der Waals surface area contributed by atoms with E-state index >= 15 is 0 Å². The van der Waals surface area contributed by atoms with E-state index in [1.54, 1.807) is 0 Å². The van der Waals surface area contributed by atoms with Gasteiger partial charge in [0.15, 0.2) is 0 Å². The number of likely N-dealkylation sites (N-methyl/N-ethyl adjacent to an activating group) is 1. The zero-order valence-electron chi connectivity index (χ0n) is 12.2. The van der Waals surface area contributed by atoms with Crippen LogP contribution < -0.4 is 0 Å². The molecule has 1 nitrogen and oxygen atoms in total. The van der Waals surface area contributed by atoms with Crippen LogP contribution in [0, 0.1) is 11.8 Å². The molecule has 0 heterocycles. The summed E-state index contributed by atoms with van der Waals surface area (Å²) in [6.45, 7) is 8.68. The van der Waals surface area contributed by atoms with Gasteiger partial charge in [0, 0.05) is 18.8 Å². The van der Waals surface area contributed by atoms with Gasteiger partial charge in [0.25, 0.3) is 0 Å². The molecule has 0 spiro atoms. The molecule has 1 saturated carbocycles. The number of rotatable bonds is 3. The molecule has 0 radical (unpaired) electrons. The van der Waals surface area contributed by atoms with E-state index in [0.717, 1.165) is 12.3 Å². The predicted molar refractivity (Wildman–Crippen MR) is 79.3 cm³/mol. The molecule has 0 aromatic rings. The van der Waals surface area contributed by atoms with Crippen molar-refractivity contribution in [3.63, 3.8) is 0 Å². The lowest BCUT2D eigenvalue weighted by atomic mass is 9.84. The molecule has 0 saturated heterocycles. The Kier molecular flexibility index (Phi) is 4.31. The Balaban J connectivity index is 2.18. The maximum absolute atomic E-state index is 4.00. The topological polar surface area (TPSA) is 3.24 Å². The van der Waals surface area contributed by atoms with Gasteiger partial charge in [0.05, 0.1) is 0 Å². The summed E-state index contributed by atoms with van der Waals surface area (Å²) < 4.78 is 0. The minimum absolute atomic E-state index is 0.652. The minimum atomic E-state index is 0.652. The first-order valence-electron chi connectivity index (χ1n) is 7.40. The molecule has 0 aliphatic heterocycles. The third-order valence-corrected chi connectivity index (χ3v) is 4.64. The molecule has 0 bridgehead atoms. The Bertz CT molecular complexity index is 364. The van der Waals surface area contributed by atoms with Crippen LogP contribution in [0.25, 0.3) is 0 Å². The van der Waals surface area contributed by atoms with E-state index in [0.29, 0.717) is 12.0 Å². The van der Waals surface area contributed by atoms with E-state index in [2.05, 4.69) is 50.6 Å². The van der Waals surface area contributed by atoms with Gasteiger partial charge in [-0.1, -0.05) is 45.4 Å². The van der Waals surface area contributed by atoms with Crippen molar-refractivity contribution in [2.75, 3.05) is 7.05 Å². The number of hydrogen-bond acceptors (Lipinski definition) is 1. The average Bonchev–Trinajstić information content (AvgIpc) is 2.38. The van der Waals surface area contributed by atoms with Gasteiger partial charge < -0.3 is 4.90 Å². The number of hydrogen-bond donors (Lipinski definition) is 0. The Morgan fingerprint density at radius 3 is 2.67 bits per heavy atom. The summed E-state index contributed by atoms with van der Waals surface area (Å²) in [5, 5.41) is 0. The number of allylic oxidation sites excluding steroid dienone is 4. The summed E-state index contributed by atoms with van der Waals surface area (Å²) in [5.74, 6) is 1.47. The van der Waals surface area contributed by atoms with Crippen molar-refractivity contribution in [1.82, 2.24) is 4.90 Å². The second kappa shape index (κ2) is 5.77. The van der Waals surface area contributed by atoms with Crippen molar-refractivity contribution in [1.29, 1.82) is 0 Å². The summed E-state index contributed by atoms with van der Waals surface area (Å²) in [4.78, 5) is 2.52. The standard InChI is InChI=1S/C17H27N/c1-5-15-12-13(2)10-11-17(15)18(4)16-9-7-6-8-14(16)3/h5,10-11,13-14,16H,1,6-9,12H2,2-4H3/t13-,14?,16?/m1/s1. The maximum atomic E-state index is 4.00. The van der Waals surface area contributed by atoms with E-state index in [4.69, 9.17) is 0 Å². The molecule has 2 aliphatic rings. The Hall–Kier alpha value is -0.980. The molecular weight excluding hydrogens is 218 g/mol. The van der Waals surface area contributed by atoms with Crippen LogP contribution in [-0.4, -0.2) is 18.0 Å². The zero-order chi connectivity index (χ0) is 13.1. The molecule has 1 fully saturated rings. The fourth-order valence-corrected chi connectivity index (χ4v) is 3.46. The van der Waals surface area contributed by atoms with Crippen molar-refractivity contribution >= 4 is 0 Å². The minimum Gasteiger partial charge on any atom is -0.371 e. The van der Waals surface area contributed by atoms with Crippen LogP contribution in [0.3, 0.4) is 0 Å². The van der Waals surface area contributed by atoms with Gasteiger partial charge in [0.2, 0.25) is 0 Å². The lowest BCUT2D eigenvalue weighted by Gasteiger charge is -2.40. The highest BCUT2D eigenvalue weighted by Crippen LogP contribution is 2.33. The molecule has 0 amide bonds. The van der Waals surface area contributed by atoms with E-state index < -0.39 is 0 Å². The van der Waals surface area contributed by atoms with Gasteiger partial charge in [-0.2, -0.15) is 0 Å². The molecule has 2 unspecified atom stereocenters. The first kappa shape index (κ1) is 13.5. The van der Waals surface area contributed by atoms with Gasteiger partial charge in [0.1, 0.15) is 0 Å². The van der Waals surface area contributed by atoms with Gasteiger partial charge in [-0.15, -0.1) is 0 Å². The molecule has 2 rings (SSSR count). The lowest BCUT2D eigenvalue weighted by molar-refractivity contribution is 0.175. The van der Waals surface area contributed by atoms with Crippen molar-refractivity contribution in [2.24, 2.45) is 11.8 Å². The second-order valence-electron chi connectivity index (χ2n) is 6.10. The maximum Gasteiger partial charge on any atom is 0.0395 e. The lowest BCUT2D eigenvalue weighted by Crippen LogP contribution is -2.38. The highest BCUT2D eigenvalue weighted by Gasteiger charge is 2.27. The molecule has 0 aromatic heterocycles. The molecule has 0 aromatic carbocycles. The van der Waals surface area contributed by atoms with Crippen LogP contribution in [0.2, 0.25) is 0 Å². The summed E-state index contributed by atoms with van der Waals surface area (Å²) in [7, 11) is 2.27. The third-order valence-electron chi connectivity index (χ3n) is 4.64. The van der Waals surface area contributed by atoms with Crippen LogP contribution in [0.4, 0.5) is 0 Å². The SMILES string of the molecule is C=CC1=C(N(C)C2CCCCC2C)C=C[C@@H](C)C1. The van der Waals surface area contributed by atoms with E-state index in [1.165, 1.54) is 37.0 Å². The zero-order valence-corrected chi connectivity index (χ0v) is 12.2. The van der Waals surface area contributed by atoms with Gasteiger partial charge in [-0.05, 0) is 42.7 Å². The Morgan fingerprint density at radius 1 is 1.28 bits per heavy atom. The number of nitrogens with zero attached hydrogens (tertiary/aromatic N) is 1. The Morgan fingerprint density at radius 2 is 2.00 bits per heavy atom. The smallest absolute Gasteiger partial charge is 0.0395 e. The van der Waals surface area contributed by atoms with Crippen molar-refractivity contribution in [2.45, 2.75) is 52.0 Å². The van der Waals surface area contributed by atoms with Crippen LogP contribution in [0.5, 0.6) is 0 Å². The summed E-state index contributed by atoms with van der Waals surface area (Å²) >= 11 is 0. The Labute approximate surface area is 112 Å². The molecule has 18 heavy (non-hydrogen) atoms. The van der Waals surface area contributed by atoms with Crippen LogP contribution in [-0.2, 0) is 0 Å². The van der Waals surface area contributed by atoms with Gasteiger partial charge >= 0.3 is 0 Å². The quantitative estimate of drug-likeness (QED) is 0.706. The van der Waals surface area contributed by atoms with Crippen LogP contribution >= 0.6 is 0 Å². The summed E-state index contributed by atoms with van der Waals surface area (Å²) in [5.41, 5.74) is 2.83. The van der Waals surface area contributed by atoms with Gasteiger partial charge in [-0.25, -0.2) is 0 Å². The molecule has 3 atom stereocenters. The molecule has 1 heteroatoms. The molecule has 100 valence electrons. The van der Waals surface area contributed by atoms with E-state index in [9.17, 15) is 0 Å². The monoisotopic (exact) mass is 245 g/mol. The average molecular weight is 245 g/mol. The summed E-state index contributed by atoms with van der Waals surface area (Å²) in [6.07, 6.45) is 13.4. The molecule has 2 aliphatic carbocycles. The van der Waals surface area contributed by atoms with Gasteiger partial charge in [-0.3, -0.25) is 0 Å². The highest BCUT2D eigenvalue weighted by atomic mass is 15.1. The second-order valence-corrected chi connectivity index (χ2v) is 6.10. The fraction of sp³-hybridized carbons (Fsp3) is 0.647. The largest absolute Gasteiger partial charge is 0.371 e. The van der Waals surface area contributed by atoms with Crippen molar-refractivity contribution in [3.05, 3.63) is 36.1 Å². The van der Waals surface area contributed by atoms with Crippen molar-refractivity contribution in [3.8, 4) is 0 Å². The first-order valence-corrected chi connectivity index (χ1v) is 7.40. The molecular formula is C17H27N. The predicted octanol–water partition coefficient (Wildman–Crippen LogP) is 4.53. The van der Waals surface area contributed by atoms with Crippen molar-refractivity contribution < 1.29 is 0 Å². The third kappa shape index (κ3) is 2.71.